The molecular weight excluding hydrogens is 408 g/mol. The van der Waals surface area contributed by atoms with Gasteiger partial charge in [-0.3, -0.25) is 4.79 Å². The number of anilines is 2. The van der Waals surface area contributed by atoms with Crippen LogP contribution in [-0.2, 0) is 11.3 Å². The van der Waals surface area contributed by atoms with Gasteiger partial charge in [-0.05, 0) is 63.4 Å². The van der Waals surface area contributed by atoms with Crippen molar-refractivity contribution >= 4 is 29.9 Å². The number of piperidine rings is 1. The number of thiol groups is 1. The first-order valence-corrected chi connectivity index (χ1v) is 11.7. The standard InChI is InChI=1S/C23H34N6OS/c1-15-11-16(2)14-28(13-15)20-12-18(24-22(30)17-5-6-17)7-8-19(20)21-25-26-23(31)29(21)10-9-27(3)4/h7-8,12,15-17H,5-6,9-11,13-14H2,1-4H3,(H,24,30)(H,26,31). The Morgan fingerprint density at radius 2 is 1.90 bits per heavy atom. The molecule has 1 aliphatic heterocycles. The van der Waals surface area contributed by atoms with E-state index in [4.69, 9.17) is 0 Å². The first-order chi connectivity index (χ1) is 14.8. The van der Waals surface area contributed by atoms with Crippen molar-refractivity contribution in [2.24, 2.45) is 17.8 Å². The van der Waals surface area contributed by atoms with Crippen LogP contribution < -0.4 is 10.2 Å². The molecule has 1 amide bonds. The smallest absolute Gasteiger partial charge is 0.227 e. The van der Waals surface area contributed by atoms with Gasteiger partial charge in [0.05, 0.1) is 0 Å². The number of amides is 1. The van der Waals surface area contributed by atoms with E-state index in [-0.39, 0.29) is 11.8 Å². The Hall–Kier alpha value is -2.06. The number of nitrogens with zero attached hydrogens (tertiary/aromatic N) is 5. The molecule has 7 nitrogen and oxygen atoms in total. The monoisotopic (exact) mass is 442 g/mol. The molecule has 2 unspecified atom stereocenters. The number of carbonyl (C=O) groups excluding carboxylic acids is 1. The van der Waals surface area contributed by atoms with Gasteiger partial charge < -0.3 is 19.7 Å². The van der Waals surface area contributed by atoms with Gasteiger partial charge in [0.1, 0.15) is 0 Å². The summed E-state index contributed by atoms with van der Waals surface area (Å²) in [6.45, 7) is 8.26. The van der Waals surface area contributed by atoms with E-state index in [9.17, 15) is 4.79 Å². The lowest BCUT2D eigenvalue weighted by molar-refractivity contribution is -0.117. The first kappa shape index (κ1) is 22.1. The summed E-state index contributed by atoms with van der Waals surface area (Å²) >= 11 is 4.56. The summed E-state index contributed by atoms with van der Waals surface area (Å²) in [4.78, 5) is 17.0. The molecular formula is C23H34N6OS. The summed E-state index contributed by atoms with van der Waals surface area (Å²) in [5, 5.41) is 12.5. The number of carbonyl (C=O) groups is 1. The first-order valence-electron chi connectivity index (χ1n) is 11.3. The topological polar surface area (TPSA) is 66.3 Å². The third-order valence-corrected chi connectivity index (χ3v) is 6.50. The molecule has 31 heavy (non-hydrogen) atoms. The van der Waals surface area contributed by atoms with Gasteiger partial charge >= 0.3 is 0 Å². The van der Waals surface area contributed by atoms with Gasteiger partial charge in [0, 0.05) is 49.0 Å². The normalized spacial score (nSPS) is 21.5. The molecule has 1 saturated carbocycles. The van der Waals surface area contributed by atoms with Gasteiger partial charge in [0.25, 0.3) is 0 Å². The fraction of sp³-hybridized carbons (Fsp3) is 0.609. The van der Waals surface area contributed by atoms with Crippen LogP contribution in [0.3, 0.4) is 0 Å². The van der Waals surface area contributed by atoms with Gasteiger partial charge in [0.15, 0.2) is 11.0 Å². The lowest BCUT2D eigenvalue weighted by Gasteiger charge is -2.37. The molecule has 8 heteroatoms. The van der Waals surface area contributed by atoms with E-state index in [1.54, 1.807) is 0 Å². The Kier molecular flexibility index (Phi) is 6.57. The Morgan fingerprint density at radius 3 is 2.55 bits per heavy atom. The van der Waals surface area contributed by atoms with Crippen LogP contribution in [0.5, 0.6) is 0 Å². The molecule has 2 aromatic rings. The number of aromatic nitrogens is 3. The number of likely N-dealkylation sites (N-methyl/N-ethyl adjacent to an activating group) is 1. The molecule has 1 N–H and O–H groups in total. The number of rotatable bonds is 7. The summed E-state index contributed by atoms with van der Waals surface area (Å²) in [5.41, 5.74) is 3.00. The lowest BCUT2D eigenvalue weighted by Crippen LogP contribution is -2.39. The average molecular weight is 443 g/mol. The largest absolute Gasteiger partial charge is 0.370 e. The van der Waals surface area contributed by atoms with E-state index in [1.165, 1.54) is 6.42 Å². The number of hydrogen-bond acceptors (Lipinski definition) is 6. The molecule has 1 aromatic carbocycles. The van der Waals surface area contributed by atoms with E-state index in [0.29, 0.717) is 17.0 Å². The van der Waals surface area contributed by atoms with Crippen LogP contribution >= 0.6 is 12.6 Å². The van der Waals surface area contributed by atoms with E-state index in [0.717, 1.165) is 61.8 Å². The molecule has 2 fully saturated rings. The maximum absolute atomic E-state index is 12.4. The predicted octanol–water partition coefficient (Wildman–Crippen LogP) is 3.63. The van der Waals surface area contributed by atoms with Crippen LogP contribution in [0, 0.1) is 17.8 Å². The molecule has 168 valence electrons. The molecule has 0 bridgehead atoms. The number of hydrogen-bond donors (Lipinski definition) is 2. The summed E-state index contributed by atoms with van der Waals surface area (Å²) in [6.07, 6.45) is 3.24. The van der Waals surface area contributed by atoms with Crippen molar-refractivity contribution in [2.45, 2.75) is 44.8 Å². The van der Waals surface area contributed by atoms with Crippen LogP contribution in [0.1, 0.15) is 33.1 Å². The van der Waals surface area contributed by atoms with E-state index in [2.05, 4.69) is 82.6 Å². The van der Waals surface area contributed by atoms with Crippen LogP contribution in [0.15, 0.2) is 23.4 Å². The van der Waals surface area contributed by atoms with Crippen molar-refractivity contribution in [3.63, 3.8) is 0 Å². The molecule has 4 rings (SSSR count). The highest BCUT2D eigenvalue weighted by Gasteiger charge is 2.30. The quantitative estimate of drug-likeness (QED) is 0.641. The minimum absolute atomic E-state index is 0.130. The Morgan fingerprint density at radius 1 is 1.19 bits per heavy atom. The fourth-order valence-corrected chi connectivity index (χ4v) is 4.75. The average Bonchev–Trinajstić information content (AvgIpc) is 3.49. The molecule has 1 aromatic heterocycles. The number of benzene rings is 1. The Balaban J connectivity index is 1.72. The van der Waals surface area contributed by atoms with E-state index in [1.807, 2.05) is 6.07 Å². The zero-order valence-electron chi connectivity index (χ0n) is 19.0. The van der Waals surface area contributed by atoms with E-state index >= 15 is 0 Å². The second-order valence-electron chi connectivity index (χ2n) is 9.63. The third kappa shape index (κ3) is 5.23. The molecule has 1 saturated heterocycles. The van der Waals surface area contributed by atoms with Crippen molar-refractivity contribution in [2.75, 3.05) is 43.9 Å². The molecule has 2 atom stereocenters. The summed E-state index contributed by atoms with van der Waals surface area (Å²) in [7, 11) is 4.11. The predicted molar refractivity (Wildman–Crippen MR) is 128 cm³/mol. The van der Waals surface area contributed by atoms with Crippen LogP contribution in [0.2, 0.25) is 0 Å². The van der Waals surface area contributed by atoms with Gasteiger partial charge in [-0.15, -0.1) is 22.8 Å². The van der Waals surface area contributed by atoms with Gasteiger partial charge in [-0.2, -0.15) is 0 Å². The van der Waals surface area contributed by atoms with Gasteiger partial charge in [-0.25, -0.2) is 0 Å². The zero-order valence-corrected chi connectivity index (χ0v) is 19.9. The maximum Gasteiger partial charge on any atom is 0.227 e. The van der Waals surface area contributed by atoms with Crippen LogP contribution in [-0.4, -0.2) is 59.3 Å². The second kappa shape index (κ2) is 9.20. The Bertz CT molecular complexity index is 928. The minimum atomic E-state index is 0.130. The Labute approximate surface area is 190 Å². The molecule has 0 radical (unpaired) electrons. The van der Waals surface area contributed by atoms with Crippen molar-refractivity contribution < 1.29 is 4.79 Å². The molecule has 2 aliphatic rings. The van der Waals surface area contributed by atoms with Crippen LogP contribution in [0.4, 0.5) is 11.4 Å². The lowest BCUT2D eigenvalue weighted by atomic mass is 9.91. The van der Waals surface area contributed by atoms with Crippen LogP contribution in [0.25, 0.3) is 11.4 Å². The van der Waals surface area contributed by atoms with Crippen molar-refractivity contribution in [3.05, 3.63) is 18.2 Å². The summed E-state index contributed by atoms with van der Waals surface area (Å²) in [5.74, 6) is 2.37. The van der Waals surface area contributed by atoms with Crippen molar-refractivity contribution in [1.29, 1.82) is 0 Å². The van der Waals surface area contributed by atoms with Crippen molar-refractivity contribution in [3.8, 4) is 11.4 Å². The molecule has 0 spiro atoms. The van der Waals surface area contributed by atoms with Crippen molar-refractivity contribution in [1.82, 2.24) is 19.7 Å². The SMILES string of the molecule is CC1CC(C)CN(c2cc(NC(=O)C3CC3)ccc2-c2nnc(S)n2CCN(C)C)C1. The summed E-state index contributed by atoms with van der Waals surface area (Å²) < 4.78 is 2.07. The highest BCUT2D eigenvalue weighted by atomic mass is 32.1. The minimum Gasteiger partial charge on any atom is -0.370 e. The zero-order chi connectivity index (χ0) is 22.1. The maximum atomic E-state index is 12.4. The third-order valence-electron chi connectivity index (χ3n) is 6.17. The summed E-state index contributed by atoms with van der Waals surface area (Å²) in [6, 6.07) is 6.17. The second-order valence-corrected chi connectivity index (χ2v) is 10.0. The fourth-order valence-electron chi connectivity index (χ4n) is 4.51. The highest BCUT2D eigenvalue weighted by molar-refractivity contribution is 7.80. The molecule has 2 heterocycles. The van der Waals surface area contributed by atoms with E-state index < -0.39 is 0 Å². The highest BCUT2D eigenvalue weighted by Crippen LogP contribution is 2.37. The van der Waals surface area contributed by atoms with Gasteiger partial charge in [0.2, 0.25) is 5.91 Å². The van der Waals surface area contributed by atoms with Gasteiger partial charge in [-0.1, -0.05) is 13.8 Å². The number of nitrogens with one attached hydrogen (secondary N) is 1. The molecule has 1 aliphatic carbocycles.